The number of tetrazole rings is 1. The number of halogens is 1. The zero-order valence-corrected chi connectivity index (χ0v) is 18.6. The van der Waals surface area contributed by atoms with E-state index < -0.39 is 0 Å². The van der Waals surface area contributed by atoms with Crippen LogP contribution in [0, 0.1) is 13.8 Å². The number of carbonyl (C=O) groups is 1. The topological polar surface area (TPSA) is 85.8 Å². The minimum atomic E-state index is 0.00349. The highest BCUT2D eigenvalue weighted by Crippen LogP contribution is 2.24. The van der Waals surface area contributed by atoms with Gasteiger partial charge in [-0.25, -0.2) is 0 Å². The largest absolute Gasteiger partial charge is 0.508 e. The van der Waals surface area contributed by atoms with E-state index in [1.807, 2.05) is 44.2 Å². The molecule has 9 heteroatoms. The fourth-order valence-electron chi connectivity index (χ4n) is 3.36. The van der Waals surface area contributed by atoms with Crippen LogP contribution in [0.3, 0.4) is 0 Å². The van der Waals surface area contributed by atoms with Gasteiger partial charge in [0.15, 0.2) is 5.78 Å². The van der Waals surface area contributed by atoms with Crippen LogP contribution in [0.4, 0.5) is 0 Å². The average Bonchev–Trinajstić information content (AvgIpc) is 3.34. The normalized spacial score (nSPS) is 11.1. The Morgan fingerprint density at radius 1 is 1.13 bits per heavy atom. The Hall–Kier alpha value is -3.10. The Labute approximate surface area is 188 Å². The van der Waals surface area contributed by atoms with Crippen molar-refractivity contribution in [2.24, 2.45) is 0 Å². The highest BCUT2D eigenvalue weighted by atomic mass is 35.5. The molecule has 2 heterocycles. The molecule has 1 N–H and O–H groups in total. The maximum Gasteiger partial charge on any atom is 0.214 e. The number of phenols is 1. The van der Waals surface area contributed by atoms with Gasteiger partial charge in [0.25, 0.3) is 0 Å². The van der Waals surface area contributed by atoms with E-state index in [-0.39, 0.29) is 17.3 Å². The summed E-state index contributed by atoms with van der Waals surface area (Å²) in [6.07, 6.45) is 0. The summed E-state index contributed by atoms with van der Waals surface area (Å²) >= 11 is 7.58. The summed E-state index contributed by atoms with van der Waals surface area (Å²) in [4.78, 5) is 13.0. The average molecular weight is 454 g/mol. The number of ketones is 1. The van der Waals surface area contributed by atoms with Crippen molar-refractivity contribution in [1.82, 2.24) is 24.8 Å². The molecule has 7 nitrogen and oxygen atoms in total. The number of benzene rings is 2. The lowest BCUT2D eigenvalue weighted by atomic mass is 10.2. The van der Waals surface area contributed by atoms with Crippen LogP contribution in [-0.2, 0) is 6.54 Å². The van der Waals surface area contributed by atoms with Gasteiger partial charge in [0.1, 0.15) is 5.75 Å². The first-order chi connectivity index (χ1) is 14.9. The van der Waals surface area contributed by atoms with Crippen molar-refractivity contribution in [3.8, 4) is 11.4 Å². The number of carbonyl (C=O) groups excluding carboxylic acids is 1. The smallest absolute Gasteiger partial charge is 0.214 e. The number of hydrogen-bond acceptors (Lipinski definition) is 6. The summed E-state index contributed by atoms with van der Waals surface area (Å²) in [5.41, 5.74) is 4.30. The lowest BCUT2D eigenvalue weighted by molar-refractivity contribution is 0.102. The Kier molecular flexibility index (Phi) is 6.11. The first-order valence-corrected chi connectivity index (χ1v) is 10.9. The number of aromatic nitrogens is 5. The molecule has 4 aromatic rings. The third-order valence-electron chi connectivity index (χ3n) is 5.03. The number of rotatable bonds is 7. The molecule has 0 unspecified atom stereocenters. The number of nitrogens with zero attached hydrogens (tertiary/aromatic N) is 5. The quantitative estimate of drug-likeness (QED) is 0.328. The summed E-state index contributed by atoms with van der Waals surface area (Å²) in [5, 5.41) is 22.4. The van der Waals surface area contributed by atoms with Crippen LogP contribution in [0.15, 0.2) is 59.8 Å². The molecule has 158 valence electrons. The van der Waals surface area contributed by atoms with E-state index in [0.717, 1.165) is 17.0 Å². The summed E-state index contributed by atoms with van der Waals surface area (Å²) < 4.78 is 3.64. The number of aromatic hydroxyl groups is 1. The van der Waals surface area contributed by atoms with Gasteiger partial charge >= 0.3 is 0 Å². The van der Waals surface area contributed by atoms with Crippen LogP contribution in [0.1, 0.15) is 27.3 Å². The molecule has 2 aromatic carbocycles. The Bertz CT molecular complexity index is 1230. The van der Waals surface area contributed by atoms with Crippen molar-refractivity contribution < 1.29 is 9.90 Å². The van der Waals surface area contributed by atoms with Crippen LogP contribution in [0.5, 0.6) is 5.75 Å². The zero-order valence-electron chi connectivity index (χ0n) is 17.0. The van der Waals surface area contributed by atoms with Crippen molar-refractivity contribution in [3.05, 3.63) is 82.1 Å². The van der Waals surface area contributed by atoms with E-state index in [9.17, 15) is 9.90 Å². The predicted molar refractivity (Wildman–Crippen MR) is 120 cm³/mol. The number of thioether (sulfide) groups is 1. The van der Waals surface area contributed by atoms with Gasteiger partial charge in [-0.3, -0.25) is 4.79 Å². The van der Waals surface area contributed by atoms with Crippen molar-refractivity contribution in [3.63, 3.8) is 0 Å². The highest BCUT2D eigenvalue weighted by molar-refractivity contribution is 7.99. The van der Waals surface area contributed by atoms with Crippen LogP contribution < -0.4 is 0 Å². The molecule has 31 heavy (non-hydrogen) atoms. The third kappa shape index (κ3) is 4.50. The van der Waals surface area contributed by atoms with Gasteiger partial charge in [-0.1, -0.05) is 41.6 Å². The lowest BCUT2D eigenvalue weighted by Crippen LogP contribution is -2.08. The summed E-state index contributed by atoms with van der Waals surface area (Å²) in [6.45, 7) is 4.54. The third-order valence-corrected chi connectivity index (χ3v) is 6.32. The highest BCUT2D eigenvalue weighted by Gasteiger charge is 2.18. The fraction of sp³-hybridized carbons (Fsp3) is 0.182. The second kappa shape index (κ2) is 8.95. The molecule has 0 aliphatic heterocycles. The van der Waals surface area contributed by atoms with Crippen molar-refractivity contribution in [2.75, 3.05) is 5.75 Å². The fourth-order valence-corrected chi connectivity index (χ4v) is 4.33. The Morgan fingerprint density at radius 2 is 1.87 bits per heavy atom. The molecule has 0 atom stereocenters. The molecule has 0 saturated carbocycles. The summed E-state index contributed by atoms with van der Waals surface area (Å²) in [5.74, 6) is 0.367. The molecule has 0 aliphatic carbocycles. The number of Topliss-reactive ketones (excluding diaryl/α,β-unsaturated/α-hetero) is 1. The van der Waals surface area contributed by atoms with E-state index >= 15 is 0 Å². The van der Waals surface area contributed by atoms with Crippen molar-refractivity contribution in [2.45, 2.75) is 25.5 Å². The van der Waals surface area contributed by atoms with E-state index in [1.54, 1.807) is 24.3 Å². The second-order valence-electron chi connectivity index (χ2n) is 7.06. The lowest BCUT2D eigenvalue weighted by Gasteiger charge is -2.11. The molecule has 0 fully saturated rings. The van der Waals surface area contributed by atoms with E-state index in [4.69, 9.17) is 11.6 Å². The molecule has 2 aromatic heterocycles. The number of hydrogen-bond donors (Lipinski definition) is 1. The standard InChI is InChI=1S/C22H20ClN5O2S/c1-14-11-19(15(2)27(14)12-16-5-3-4-6-20(16)23)21(30)13-31-22-24-25-26-28(22)17-7-9-18(29)10-8-17/h3-11,29H,12-13H2,1-2H3. The van der Waals surface area contributed by atoms with Gasteiger partial charge in [-0.2, -0.15) is 4.68 Å². The van der Waals surface area contributed by atoms with Crippen molar-refractivity contribution >= 4 is 29.1 Å². The first-order valence-electron chi connectivity index (χ1n) is 9.58. The summed E-state index contributed by atoms with van der Waals surface area (Å²) in [7, 11) is 0. The molecule has 0 saturated heterocycles. The van der Waals surface area contributed by atoms with E-state index in [2.05, 4.69) is 20.1 Å². The number of aryl methyl sites for hydroxylation is 1. The van der Waals surface area contributed by atoms with E-state index in [0.29, 0.717) is 28.0 Å². The van der Waals surface area contributed by atoms with Gasteiger partial charge in [0, 0.05) is 28.5 Å². The Balaban J connectivity index is 1.50. The minimum absolute atomic E-state index is 0.00349. The van der Waals surface area contributed by atoms with Gasteiger partial charge in [-0.05, 0) is 66.2 Å². The molecular weight excluding hydrogens is 434 g/mol. The zero-order chi connectivity index (χ0) is 22.0. The SMILES string of the molecule is Cc1cc(C(=O)CSc2nnnn2-c2ccc(O)cc2)c(C)n1Cc1ccccc1Cl. The van der Waals surface area contributed by atoms with Crippen LogP contribution >= 0.6 is 23.4 Å². The number of phenolic OH excluding ortho intramolecular Hbond substituents is 1. The molecule has 0 bridgehead atoms. The van der Waals surface area contributed by atoms with Crippen molar-refractivity contribution in [1.29, 1.82) is 0 Å². The van der Waals surface area contributed by atoms with Crippen LogP contribution in [0.25, 0.3) is 5.69 Å². The molecular formula is C22H20ClN5O2S. The van der Waals surface area contributed by atoms with Crippen LogP contribution in [0.2, 0.25) is 5.02 Å². The maximum atomic E-state index is 13.0. The first kappa shape index (κ1) is 21.1. The van der Waals surface area contributed by atoms with Crippen LogP contribution in [-0.4, -0.2) is 41.4 Å². The molecule has 0 spiro atoms. The van der Waals surface area contributed by atoms with Gasteiger partial charge in [0.2, 0.25) is 5.16 Å². The molecule has 4 rings (SSSR count). The van der Waals surface area contributed by atoms with Gasteiger partial charge in [0.05, 0.1) is 11.4 Å². The van der Waals surface area contributed by atoms with E-state index in [1.165, 1.54) is 16.4 Å². The second-order valence-corrected chi connectivity index (χ2v) is 8.41. The van der Waals surface area contributed by atoms with Gasteiger partial charge in [-0.15, -0.1) is 5.10 Å². The molecule has 0 aliphatic rings. The van der Waals surface area contributed by atoms with Gasteiger partial charge < -0.3 is 9.67 Å². The maximum absolute atomic E-state index is 13.0. The molecule has 0 radical (unpaired) electrons. The molecule has 0 amide bonds. The predicted octanol–water partition coefficient (Wildman–Crippen LogP) is 4.46. The minimum Gasteiger partial charge on any atom is -0.508 e. The monoisotopic (exact) mass is 453 g/mol. The summed E-state index contributed by atoms with van der Waals surface area (Å²) in [6, 6.07) is 16.2. The Morgan fingerprint density at radius 3 is 2.61 bits per heavy atom.